The third-order valence-electron chi connectivity index (χ3n) is 5.27. The van der Waals surface area contributed by atoms with Gasteiger partial charge in [0.25, 0.3) is 0 Å². The van der Waals surface area contributed by atoms with Gasteiger partial charge in [-0.25, -0.2) is 0 Å². The van der Waals surface area contributed by atoms with Crippen LogP contribution in [0.3, 0.4) is 0 Å². The predicted octanol–water partition coefficient (Wildman–Crippen LogP) is 5.62. The molecule has 23 heavy (non-hydrogen) atoms. The largest absolute Gasteiger partial charge is 0.0840 e. The summed E-state index contributed by atoms with van der Waals surface area (Å²) >= 11 is 0. The number of allylic oxidation sites excluding steroid dienone is 8. The van der Waals surface area contributed by atoms with Gasteiger partial charge in [-0.2, -0.15) is 0 Å². The molecule has 1 unspecified atom stereocenters. The third kappa shape index (κ3) is 3.35. The Labute approximate surface area is 143 Å². The van der Waals surface area contributed by atoms with Gasteiger partial charge >= 0.3 is 0 Å². The molecule has 0 radical (unpaired) electrons. The van der Waals surface area contributed by atoms with Crippen LogP contribution < -0.4 is 0 Å². The lowest BCUT2D eigenvalue weighted by Gasteiger charge is -2.27. The van der Waals surface area contributed by atoms with Crippen LogP contribution in [-0.4, -0.2) is 9.52 Å². The van der Waals surface area contributed by atoms with Gasteiger partial charge in [-0.3, -0.25) is 0 Å². The SMILES string of the molecule is CC1=C(c2cc(C)cc(C)c2)C(C)=C([SiH2]C2(C)C=CC=CC2)C1. The predicted molar refractivity (Wildman–Crippen MR) is 106 cm³/mol. The van der Waals surface area contributed by atoms with Crippen LogP contribution in [0, 0.1) is 13.8 Å². The minimum absolute atomic E-state index is 0.290. The summed E-state index contributed by atoms with van der Waals surface area (Å²) in [7, 11) is -0.290. The van der Waals surface area contributed by atoms with Crippen LogP contribution in [0.1, 0.15) is 50.3 Å². The Morgan fingerprint density at radius 2 is 1.65 bits per heavy atom. The van der Waals surface area contributed by atoms with E-state index in [1.807, 2.05) is 0 Å². The van der Waals surface area contributed by atoms with Crippen molar-refractivity contribution in [1.29, 1.82) is 0 Å². The van der Waals surface area contributed by atoms with E-state index < -0.39 is 0 Å². The van der Waals surface area contributed by atoms with Crippen molar-refractivity contribution in [3.05, 3.63) is 75.5 Å². The van der Waals surface area contributed by atoms with Gasteiger partial charge in [0.15, 0.2) is 0 Å². The number of aryl methyl sites for hydroxylation is 2. The van der Waals surface area contributed by atoms with E-state index in [2.05, 4.69) is 77.1 Å². The highest BCUT2D eigenvalue weighted by Crippen LogP contribution is 2.43. The Bertz CT molecular complexity index is 738. The van der Waals surface area contributed by atoms with Gasteiger partial charge in [0.2, 0.25) is 0 Å². The van der Waals surface area contributed by atoms with E-state index >= 15 is 0 Å². The van der Waals surface area contributed by atoms with E-state index in [4.69, 9.17) is 0 Å². The van der Waals surface area contributed by atoms with Crippen molar-refractivity contribution in [2.75, 3.05) is 0 Å². The fourth-order valence-electron chi connectivity index (χ4n) is 4.21. The molecule has 2 aliphatic rings. The van der Waals surface area contributed by atoms with Gasteiger partial charge in [0, 0.05) is 0 Å². The molecular weight excluding hydrogens is 292 g/mol. The average Bonchev–Trinajstić information content (AvgIpc) is 2.72. The first-order valence-electron chi connectivity index (χ1n) is 8.70. The Morgan fingerprint density at radius 1 is 0.957 bits per heavy atom. The minimum Gasteiger partial charge on any atom is -0.0840 e. The van der Waals surface area contributed by atoms with Gasteiger partial charge in [0.05, 0.1) is 9.52 Å². The Kier molecular flexibility index (Phi) is 4.33. The first kappa shape index (κ1) is 16.3. The normalized spacial score (nSPS) is 24.6. The van der Waals surface area contributed by atoms with Crippen molar-refractivity contribution in [2.45, 2.75) is 52.5 Å². The van der Waals surface area contributed by atoms with Crippen LogP contribution in [0.15, 0.2) is 58.8 Å². The van der Waals surface area contributed by atoms with E-state index in [1.165, 1.54) is 35.1 Å². The lowest BCUT2D eigenvalue weighted by atomic mass is 9.95. The molecule has 0 aromatic heterocycles. The van der Waals surface area contributed by atoms with Crippen LogP contribution in [0.25, 0.3) is 5.57 Å². The topological polar surface area (TPSA) is 0 Å². The summed E-state index contributed by atoms with van der Waals surface area (Å²) in [5.74, 6) is 0. The zero-order chi connectivity index (χ0) is 16.6. The second-order valence-electron chi connectivity index (χ2n) is 7.76. The average molecular weight is 321 g/mol. The van der Waals surface area contributed by atoms with Crippen molar-refractivity contribution < 1.29 is 0 Å². The maximum atomic E-state index is 2.45. The molecule has 0 heterocycles. The molecule has 0 fully saturated rings. The zero-order valence-corrected chi connectivity index (χ0v) is 16.6. The summed E-state index contributed by atoms with van der Waals surface area (Å²) in [5.41, 5.74) is 8.82. The molecule has 120 valence electrons. The molecule has 1 heteroatoms. The second kappa shape index (κ2) is 6.12. The van der Waals surface area contributed by atoms with Gasteiger partial charge in [0.1, 0.15) is 0 Å². The van der Waals surface area contributed by atoms with Crippen molar-refractivity contribution >= 4 is 15.1 Å². The standard InChI is InChI=1S/C22H28Si/c1-15-11-16(2)13-19(12-15)21-17(3)14-20(18(21)4)23-22(5)9-7-6-8-10-22/h6-9,11-13H,10,14,23H2,1-5H3. The fourth-order valence-corrected chi connectivity index (χ4v) is 6.69. The maximum Gasteiger partial charge on any atom is 0.0612 e. The highest BCUT2D eigenvalue weighted by atomic mass is 28.2. The lowest BCUT2D eigenvalue weighted by Crippen LogP contribution is -2.17. The molecule has 0 saturated carbocycles. The molecule has 0 aliphatic heterocycles. The van der Waals surface area contributed by atoms with Crippen molar-refractivity contribution in [1.82, 2.24) is 0 Å². The highest BCUT2D eigenvalue weighted by molar-refractivity contribution is 6.51. The molecule has 0 amide bonds. The van der Waals surface area contributed by atoms with Crippen LogP contribution in [-0.2, 0) is 0 Å². The molecule has 3 rings (SSSR count). The zero-order valence-electron chi connectivity index (χ0n) is 15.2. The van der Waals surface area contributed by atoms with E-state index in [-0.39, 0.29) is 9.52 Å². The van der Waals surface area contributed by atoms with E-state index in [0.717, 1.165) is 0 Å². The van der Waals surface area contributed by atoms with Gasteiger partial charge < -0.3 is 0 Å². The lowest BCUT2D eigenvalue weighted by molar-refractivity contribution is 0.753. The van der Waals surface area contributed by atoms with Crippen molar-refractivity contribution in [3.63, 3.8) is 0 Å². The molecule has 0 nitrogen and oxygen atoms in total. The summed E-state index contributed by atoms with van der Waals surface area (Å²) in [5, 5.41) is 2.18. The summed E-state index contributed by atoms with van der Waals surface area (Å²) in [4.78, 5) is 0. The second-order valence-corrected chi connectivity index (χ2v) is 10.6. The van der Waals surface area contributed by atoms with Gasteiger partial charge in [-0.05, 0) is 62.3 Å². The first-order valence-corrected chi connectivity index (χ1v) is 10.1. The Morgan fingerprint density at radius 3 is 2.26 bits per heavy atom. The summed E-state index contributed by atoms with van der Waals surface area (Å²) in [6, 6.07) is 6.97. The molecule has 0 bridgehead atoms. The summed E-state index contributed by atoms with van der Waals surface area (Å²) in [6.07, 6.45) is 11.6. The third-order valence-corrected chi connectivity index (χ3v) is 7.81. The quantitative estimate of drug-likeness (QED) is 0.634. The van der Waals surface area contributed by atoms with E-state index in [0.29, 0.717) is 5.04 Å². The van der Waals surface area contributed by atoms with Gasteiger partial charge in [-0.1, -0.05) is 71.3 Å². The van der Waals surface area contributed by atoms with E-state index in [1.54, 1.807) is 16.3 Å². The monoisotopic (exact) mass is 320 g/mol. The van der Waals surface area contributed by atoms with Crippen LogP contribution in [0.2, 0.25) is 5.04 Å². The van der Waals surface area contributed by atoms with Crippen LogP contribution in [0.5, 0.6) is 0 Å². The molecule has 1 atom stereocenters. The molecule has 0 N–H and O–H groups in total. The molecule has 0 spiro atoms. The van der Waals surface area contributed by atoms with Gasteiger partial charge in [-0.15, -0.1) is 0 Å². The minimum atomic E-state index is -0.290. The van der Waals surface area contributed by atoms with Crippen molar-refractivity contribution in [2.24, 2.45) is 0 Å². The Hall–Kier alpha value is -1.60. The Balaban J connectivity index is 1.92. The highest BCUT2D eigenvalue weighted by Gasteiger charge is 2.28. The van der Waals surface area contributed by atoms with Crippen molar-refractivity contribution in [3.8, 4) is 0 Å². The fraction of sp³-hybridized carbons (Fsp3) is 0.364. The number of rotatable bonds is 3. The number of hydrogen-bond donors (Lipinski definition) is 0. The number of hydrogen-bond acceptors (Lipinski definition) is 0. The van der Waals surface area contributed by atoms with Crippen LogP contribution in [0.4, 0.5) is 0 Å². The molecule has 1 aromatic rings. The first-order chi connectivity index (χ1) is 10.9. The molecule has 0 saturated heterocycles. The smallest absolute Gasteiger partial charge is 0.0612 e. The van der Waals surface area contributed by atoms with Crippen LogP contribution >= 0.6 is 0 Å². The molecule has 2 aliphatic carbocycles. The molecule has 1 aromatic carbocycles. The summed E-state index contributed by atoms with van der Waals surface area (Å²) < 4.78 is 0. The number of benzene rings is 1. The van der Waals surface area contributed by atoms with E-state index in [9.17, 15) is 0 Å². The summed E-state index contributed by atoms with van der Waals surface area (Å²) in [6.45, 7) is 11.5. The maximum absolute atomic E-state index is 2.45. The molecular formula is C22H28Si.